The lowest BCUT2D eigenvalue weighted by Gasteiger charge is -2.30. The Hall–Kier alpha value is -0.880. The van der Waals surface area contributed by atoms with Gasteiger partial charge in [0.25, 0.3) is 0 Å². The maximum Gasteiger partial charge on any atom is 0.149 e. The van der Waals surface area contributed by atoms with Crippen LogP contribution in [-0.4, -0.2) is 29.3 Å². The van der Waals surface area contributed by atoms with Crippen molar-refractivity contribution in [1.29, 1.82) is 5.26 Å². The third kappa shape index (κ3) is 3.89. The van der Waals surface area contributed by atoms with Crippen molar-refractivity contribution >= 4 is 5.78 Å². The molecule has 0 aliphatic rings. The minimum absolute atomic E-state index is 0.0617. The number of nitriles is 1. The molecule has 0 spiro atoms. The smallest absolute Gasteiger partial charge is 0.149 e. The van der Waals surface area contributed by atoms with E-state index in [9.17, 15) is 4.79 Å². The third-order valence-electron chi connectivity index (χ3n) is 2.46. The van der Waals surface area contributed by atoms with E-state index in [1.807, 2.05) is 13.8 Å². The predicted octanol–water partition coefficient (Wildman–Crippen LogP) is 1.98. The van der Waals surface area contributed by atoms with E-state index >= 15 is 0 Å². The van der Waals surface area contributed by atoms with Crippen LogP contribution in [0.25, 0.3) is 0 Å². The average molecular weight is 196 g/mol. The summed E-state index contributed by atoms with van der Waals surface area (Å²) in [5, 5.41) is 8.51. The first-order chi connectivity index (χ1) is 6.54. The fraction of sp³-hybridized carbons (Fsp3) is 0.818. The molecule has 1 unspecified atom stereocenters. The minimum atomic E-state index is -0.0617. The van der Waals surface area contributed by atoms with Crippen LogP contribution < -0.4 is 0 Å². The molecule has 0 amide bonds. The molecule has 0 rings (SSSR count). The van der Waals surface area contributed by atoms with Crippen LogP contribution in [0, 0.1) is 11.3 Å². The predicted molar refractivity (Wildman–Crippen MR) is 56.8 cm³/mol. The van der Waals surface area contributed by atoms with Crippen LogP contribution in [0.15, 0.2) is 0 Å². The number of carbonyl (C=O) groups is 1. The molecule has 0 N–H and O–H groups in total. The number of hydrogen-bond donors (Lipinski definition) is 0. The van der Waals surface area contributed by atoms with Gasteiger partial charge in [0.05, 0.1) is 12.1 Å². The van der Waals surface area contributed by atoms with Crippen LogP contribution in [0.4, 0.5) is 0 Å². The summed E-state index contributed by atoms with van der Waals surface area (Å²) in [6.07, 6.45) is 1.05. The summed E-state index contributed by atoms with van der Waals surface area (Å²) in [6.45, 7) is 8.58. The summed E-state index contributed by atoms with van der Waals surface area (Å²) >= 11 is 0. The second-order valence-corrected chi connectivity index (χ2v) is 3.74. The molecule has 0 radical (unpaired) electrons. The molecule has 0 saturated carbocycles. The van der Waals surface area contributed by atoms with Crippen molar-refractivity contribution in [3.63, 3.8) is 0 Å². The van der Waals surface area contributed by atoms with E-state index in [-0.39, 0.29) is 11.8 Å². The summed E-state index contributed by atoms with van der Waals surface area (Å²) in [4.78, 5) is 13.6. The van der Waals surface area contributed by atoms with Gasteiger partial charge in [-0.25, -0.2) is 0 Å². The zero-order chi connectivity index (χ0) is 11.1. The number of hydrogen-bond acceptors (Lipinski definition) is 3. The van der Waals surface area contributed by atoms with Gasteiger partial charge in [-0.3, -0.25) is 9.69 Å². The maximum absolute atomic E-state index is 11.5. The fourth-order valence-electron chi connectivity index (χ4n) is 1.56. The zero-order valence-electron chi connectivity index (χ0n) is 9.58. The summed E-state index contributed by atoms with van der Waals surface area (Å²) in [5.41, 5.74) is 0. The largest absolute Gasteiger partial charge is 0.298 e. The molecular weight excluding hydrogens is 176 g/mol. The topological polar surface area (TPSA) is 44.1 Å². The van der Waals surface area contributed by atoms with Crippen LogP contribution in [0.2, 0.25) is 0 Å². The van der Waals surface area contributed by atoms with Gasteiger partial charge in [0.1, 0.15) is 5.78 Å². The van der Waals surface area contributed by atoms with Crippen molar-refractivity contribution in [3.8, 4) is 6.07 Å². The highest BCUT2D eigenvalue weighted by Gasteiger charge is 2.21. The van der Waals surface area contributed by atoms with E-state index in [0.29, 0.717) is 25.4 Å². The van der Waals surface area contributed by atoms with Crippen molar-refractivity contribution in [1.82, 2.24) is 4.90 Å². The first kappa shape index (κ1) is 13.1. The molecule has 14 heavy (non-hydrogen) atoms. The molecule has 80 valence electrons. The van der Waals surface area contributed by atoms with Gasteiger partial charge in [0.15, 0.2) is 0 Å². The van der Waals surface area contributed by atoms with E-state index in [2.05, 4.69) is 24.8 Å². The van der Waals surface area contributed by atoms with Crippen molar-refractivity contribution in [2.75, 3.05) is 6.54 Å². The molecule has 3 heteroatoms. The van der Waals surface area contributed by atoms with Crippen LogP contribution >= 0.6 is 0 Å². The number of nitrogens with zero attached hydrogens (tertiary/aromatic N) is 2. The van der Waals surface area contributed by atoms with Gasteiger partial charge in [-0.15, -0.1) is 0 Å². The summed E-state index contributed by atoms with van der Waals surface area (Å²) < 4.78 is 0. The SMILES string of the molecule is CCC(=O)C(C)N(CCC#N)C(C)C. The maximum atomic E-state index is 11.5. The molecule has 0 heterocycles. The highest BCUT2D eigenvalue weighted by atomic mass is 16.1. The molecule has 1 atom stereocenters. The standard InChI is InChI=1S/C11H20N2O/c1-5-11(14)10(4)13(9(2)3)8-6-7-12/h9-10H,5-6,8H2,1-4H3. The number of rotatable bonds is 6. The van der Waals surface area contributed by atoms with Crippen molar-refractivity contribution < 1.29 is 4.79 Å². The van der Waals surface area contributed by atoms with Crippen LogP contribution in [0.5, 0.6) is 0 Å². The second kappa shape index (κ2) is 6.56. The van der Waals surface area contributed by atoms with E-state index in [1.54, 1.807) is 0 Å². The Labute approximate surface area is 86.7 Å². The highest BCUT2D eigenvalue weighted by molar-refractivity contribution is 5.83. The Morgan fingerprint density at radius 1 is 1.43 bits per heavy atom. The molecule has 3 nitrogen and oxygen atoms in total. The third-order valence-corrected chi connectivity index (χ3v) is 2.46. The lowest BCUT2D eigenvalue weighted by molar-refractivity contribution is -0.124. The molecule has 0 fully saturated rings. The Balaban J connectivity index is 4.34. The quantitative estimate of drug-likeness (QED) is 0.652. The van der Waals surface area contributed by atoms with Crippen LogP contribution in [-0.2, 0) is 4.79 Å². The monoisotopic (exact) mass is 196 g/mol. The lowest BCUT2D eigenvalue weighted by Crippen LogP contribution is -2.43. The summed E-state index contributed by atoms with van der Waals surface area (Å²) in [5.74, 6) is 0.247. The zero-order valence-corrected chi connectivity index (χ0v) is 9.58. The van der Waals surface area contributed by atoms with Crippen LogP contribution in [0.1, 0.15) is 40.5 Å². The first-order valence-electron chi connectivity index (χ1n) is 5.20. The van der Waals surface area contributed by atoms with Gasteiger partial charge in [-0.05, 0) is 20.8 Å². The van der Waals surface area contributed by atoms with Gasteiger partial charge in [0, 0.05) is 25.4 Å². The lowest BCUT2D eigenvalue weighted by atomic mass is 10.1. The Morgan fingerprint density at radius 2 is 2.00 bits per heavy atom. The normalized spacial score (nSPS) is 12.9. The van der Waals surface area contributed by atoms with E-state index in [1.165, 1.54) is 0 Å². The molecule has 0 aliphatic heterocycles. The van der Waals surface area contributed by atoms with Gasteiger partial charge < -0.3 is 0 Å². The van der Waals surface area contributed by atoms with Gasteiger partial charge >= 0.3 is 0 Å². The van der Waals surface area contributed by atoms with Gasteiger partial charge in [-0.1, -0.05) is 6.92 Å². The minimum Gasteiger partial charge on any atom is -0.298 e. The van der Waals surface area contributed by atoms with E-state index in [4.69, 9.17) is 5.26 Å². The fourth-order valence-corrected chi connectivity index (χ4v) is 1.56. The number of Topliss-reactive ketones (excluding diaryl/α,β-unsaturated/α-hetero) is 1. The van der Waals surface area contributed by atoms with Crippen LogP contribution in [0.3, 0.4) is 0 Å². The average Bonchev–Trinajstić information content (AvgIpc) is 2.16. The molecule has 0 saturated heterocycles. The Morgan fingerprint density at radius 3 is 2.36 bits per heavy atom. The molecule has 0 aliphatic carbocycles. The van der Waals surface area contributed by atoms with E-state index < -0.39 is 0 Å². The van der Waals surface area contributed by atoms with Crippen molar-refractivity contribution in [2.45, 2.75) is 52.6 Å². The molecule has 0 bridgehead atoms. The summed E-state index contributed by atoms with van der Waals surface area (Å²) in [7, 11) is 0. The first-order valence-corrected chi connectivity index (χ1v) is 5.20. The second-order valence-electron chi connectivity index (χ2n) is 3.74. The van der Waals surface area contributed by atoms with Gasteiger partial charge in [-0.2, -0.15) is 5.26 Å². The van der Waals surface area contributed by atoms with Gasteiger partial charge in [0.2, 0.25) is 0 Å². The van der Waals surface area contributed by atoms with Crippen molar-refractivity contribution in [3.05, 3.63) is 0 Å². The molecule has 0 aromatic carbocycles. The number of ketones is 1. The van der Waals surface area contributed by atoms with E-state index in [0.717, 1.165) is 0 Å². The molecule has 0 aromatic heterocycles. The summed E-state index contributed by atoms with van der Waals surface area (Å²) in [6, 6.07) is 2.36. The Kier molecular flexibility index (Phi) is 6.14. The molecule has 0 aromatic rings. The Bertz CT molecular complexity index is 218. The van der Waals surface area contributed by atoms with Crippen molar-refractivity contribution in [2.24, 2.45) is 0 Å². The number of carbonyl (C=O) groups excluding carboxylic acids is 1. The highest BCUT2D eigenvalue weighted by Crippen LogP contribution is 2.08. The molecular formula is C11H20N2O.